The van der Waals surface area contributed by atoms with Gasteiger partial charge in [0.05, 0.1) is 17.4 Å². The number of hydrogen-bond donors (Lipinski definition) is 2. The van der Waals surface area contributed by atoms with Crippen molar-refractivity contribution < 1.29 is 13.9 Å². The van der Waals surface area contributed by atoms with Gasteiger partial charge in [-0.25, -0.2) is 14.4 Å². The molecule has 0 bridgehead atoms. The number of rotatable bonds is 6. The summed E-state index contributed by atoms with van der Waals surface area (Å²) in [6, 6.07) is 8.78. The molecule has 1 unspecified atom stereocenters. The van der Waals surface area contributed by atoms with E-state index in [1.165, 1.54) is 6.92 Å². The zero-order valence-corrected chi connectivity index (χ0v) is 17.1. The Bertz CT molecular complexity index is 1020. The summed E-state index contributed by atoms with van der Waals surface area (Å²) < 4.78 is 17.9. The predicted molar refractivity (Wildman–Crippen MR) is 115 cm³/mol. The maximum absolute atomic E-state index is 12.9. The van der Waals surface area contributed by atoms with Crippen LogP contribution in [0.15, 0.2) is 55.1 Å². The highest BCUT2D eigenvalue weighted by atomic mass is 19.1. The highest BCUT2D eigenvalue weighted by Crippen LogP contribution is 2.23. The number of carbonyl (C=O) groups excluding carboxylic acids is 1. The second-order valence-corrected chi connectivity index (χ2v) is 7.11. The van der Waals surface area contributed by atoms with Crippen molar-refractivity contribution in [1.82, 2.24) is 25.2 Å². The Balaban J connectivity index is 1.42. The molecule has 8 nitrogen and oxygen atoms in total. The molecule has 1 atom stereocenters. The summed E-state index contributed by atoms with van der Waals surface area (Å²) in [5.41, 5.74) is 2.85. The average molecular weight is 422 g/mol. The third kappa shape index (κ3) is 5.32. The Morgan fingerprint density at radius 2 is 1.81 bits per heavy atom. The molecule has 3 aromatic rings. The number of nitrogens with one attached hydrogen (secondary N) is 2. The number of halogens is 1. The van der Waals surface area contributed by atoms with Crippen LogP contribution in [0, 0.1) is 0 Å². The summed E-state index contributed by atoms with van der Waals surface area (Å²) >= 11 is 0. The lowest BCUT2D eigenvalue weighted by molar-refractivity contribution is 0.0735. The number of ether oxygens (including phenoxy) is 1. The summed E-state index contributed by atoms with van der Waals surface area (Å²) in [5, 5.41) is 6.31. The van der Waals surface area contributed by atoms with E-state index in [4.69, 9.17) is 4.74 Å². The van der Waals surface area contributed by atoms with Gasteiger partial charge in [0.2, 0.25) is 12.3 Å². The highest BCUT2D eigenvalue weighted by Gasteiger charge is 2.18. The summed E-state index contributed by atoms with van der Waals surface area (Å²) in [6.45, 7) is 4.28. The molecule has 1 fully saturated rings. The number of amides is 1. The first-order valence-corrected chi connectivity index (χ1v) is 10.0. The third-order valence-electron chi connectivity index (χ3n) is 4.78. The van der Waals surface area contributed by atoms with Crippen LogP contribution < -0.4 is 15.4 Å². The van der Waals surface area contributed by atoms with Crippen molar-refractivity contribution >= 4 is 17.5 Å². The number of aromatic nitrogens is 3. The Labute approximate surface area is 179 Å². The van der Waals surface area contributed by atoms with E-state index < -0.39 is 6.36 Å². The molecule has 0 spiro atoms. The molecule has 1 aliphatic heterocycles. The molecule has 160 valence electrons. The van der Waals surface area contributed by atoms with E-state index in [-0.39, 0.29) is 5.91 Å². The molecule has 1 aromatic carbocycles. The fourth-order valence-corrected chi connectivity index (χ4v) is 3.26. The Morgan fingerprint density at radius 3 is 2.48 bits per heavy atom. The number of anilines is 2. The fourth-order valence-electron chi connectivity index (χ4n) is 3.26. The van der Waals surface area contributed by atoms with Crippen LogP contribution in [-0.2, 0) is 0 Å². The summed E-state index contributed by atoms with van der Waals surface area (Å²) in [6.07, 6.45) is 5.20. The second-order valence-electron chi connectivity index (χ2n) is 7.11. The summed E-state index contributed by atoms with van der Waals surface area (Å²) in [4.78, 5) is 27.3. The van der Waals surface area contributed by atoms with E-state index in [0.717, 1.165) is 24.2 Å². The van der Waals surface area contributed by atoms with Gasteiger partial charge in [-0.15, -0.1) is 0 Å². The average Bonchev–Trinajstić information content (AvgIpc) is 2.80. The van der Waals surface area contributed by atoms with Crippen LogP contribution in [0.5, 0.6) is 5.75 Å². The van der Waals surface area contributed by atoms with E-state index in [9.17, 15) is 9.18 Å². The second kappa shape index (κ2) is 9.48. The molecule has 1 amide bonds. The normalized spacial score (nSPS) is 14.7. The quantitative estimate of drug-likeness (QED) is 0.631. The van der Waals surface area contributed by atoms with Gasteiger partial charge in [-0.3, -0.25) is 9.78 Å². The smallest absolute Gasteiger partial charge is 0.255 e. The number of pyridine rings is 1. The molecule has 2 aromatic heterocycles. The minimum atomic E-state index is -1.36. The van der Waals surface area contributed by atoms with E-state index in [1.54, 1.807) is 43.0 Å². The van der Waals surface area contributed by atoms with Crippen LogP contribution in [0.25, 0.3) is 11.1 Å². The van der Waals surface area contributed by atoms with Gasteiger partial charge >= 0.3 is 0 Å². The minimum Gasteiger partial charge on any atom is -0.461 e. The zero-order valence-electron chi connectivity index (χ0n) is 17.1. The zero-order chi connectivity index (χ0) is 21.6. The lowest BCUT2D eigenvalue weighted by Gasteiger charge is -2.27. The van der Waals surface area contributed by atoms with Crippen LogP contribution in [0.2, 0.25) is 0 Å². The van der Waals surface area contributed by atoms with Crippen LogP contribution in [0.1, 0.15) is 17.3 Å². The van der Waals surface area contributed by atoms with Crippen molar-refractivity contribution in [3.05, 3.63) is 60.7 Å². The maximum Gasteiger partial charge on any atom is 0.255 e. The molecule has 4 rings (SSSR count). The number of alkyl halides is 1. The van der Waals surface area contributed by atoms with Crippen LogP contribution in [-0.4, -0.2) is 58.3 Å². The molecule has 31 heavy (non-hydrogen) atoms. The van der Waals surface area contributed by atoms with Crippen molar-refractivity contribution in [2.75, 3.05) is 31.5 Å². The van der Waals surface area contributed by atoms with Gasteiger partial charge in [-0.2, -0.15) is 0 Å². The molecule has 0 aliphatic carbocycles. The van der Waals surface area contributed by atoms with Crippen molar-refractivity contribution in [2.45, 2.75) is 13.3 Å². The van der Waals surface area contributed by atoms with Gasteiger partial charge in [0, 0.05) is 57.3 Å². The molecule has 1 aliphatic rings. The van der Waals surface area contributed by atoms with E-state index >= 15 is 0 Å². The first-order chi connectivity index (χ1) is 15.1. The maximum atomic E-state index is 12.9. The molecule has 1 saturated heterocycles. The van der Waals surface area contributed by atoms with Crippen molar-refractivity contribution in [2.24, 2.45) is 0 Å². The minimum absolute atomic E-state index is 0.0384. The first-order valence-electron chi connectivity index (χ1n) is 10.0. The van der Waals surface area contributed by atoms with Crippen LogP contribution >= 0.6 is 0 Å². The number of carbonyl (C=O) groups is 1. The van der Waals surface area contributed by atoms with Crippen molar-refractivity contribution in [3.8, 4) is 16.9 Å². The monoisotopic (exact) mass is 422 g/mol. The Kier molecular flexibility index (Phi) is 6.32. The highest BCUT2D eigenvalue weighted by molar-refractivity contribution is 5.95. The number of piperazine rings is 1. The van der Waals surface area contributed by atoms with Gasteiger partial charge in [0.15, 0.2) is 0 Å². The molecule has 2 N–H and O–H groups in total. The molecule has 3 heterocycles. The van der Waals surface area contributed by atoms with Gasteiger partial charge in [-0.05, 0) is 23.8 Å². The van der Waals surface area contributed by atoms with Crippen LogP contribution in [0.4, 0.5) is 16.0 Å². The van der Waals surface area contributed by atoms with E-state index in [2.05, 4.69) is 25.6 Å². The molecule has 0 radical (unpaired) electrons. The number of nitrogens with zero attached hydrogens (tertiary/aromatic N) is 4. The lowest BCUT2D eigenvalue weighted by Crippen LogP contribution is -2.46. The van der Waals surface area contributed by atoms with Crippen LogP contribution in [0.3, 0.4) is 0 Å². The molecular formula is C22H23FN6O2. The van der Waals surface area contributed by atoms with Gasteiger partial charge in [0.25, 0.3) is 5.91 Å². The number of benzene rings is 1. The van der Waals surface area contributed by atoms with Gasteiger partial charge in [-0.1, -0.05) is 12.1 Å². The van der Waals surface area contributed by atoms with Gasteiger partial charge in [0.1, 0.15) is 5.75 Å². The standard InChI is InChI=1S/C22H23FN6O2/c1-15(23)31-20-4-2-16(3-5-20)18-12-26-22(27-13-18)28-19-10-17(11-25-14-19)21(30)29-8-6-24-7-9-29/h2-5,10-15,24H,6-9H2,1H3,(H,26,27,28). The SMILES string of the molecule is CC(F)Oc1ccc(-c2cnc(Nc3cncc(C(=O)N4CCNCC4)c3)nc2)cc1. The predicted octanol–water partition coefficient (Wildman–Crippen LogP) is 3.02. The summed E-state index contributed by atoms with van der Waals surface area (Å²) in [7, 11) is 0. The first kappa shape index (κ1) is 20.7. The third-order valence-corrected chi connectivity index (χ3v) is 4.78. The fraction of sp³-hybridized carbons (Fsp3) is 0.273. The van der Waals surface area contributed by atoms with E-state index in [0.29, 0.717) is 36.0 Å². The topological polar surface area (TPSA) is 92.3 Å². The Hall–Kier alpha value is -3.59. The molecule has 9 heteroatoms. The van der Waals surface area contributed by atoms with Crippen molar-refractivity contribution in [1.29, 1.82) is 0 Å². The van der Waals surface area contributed by atoms with Crippen molar-refractivity contribution in [3.63, 3.8) is 0 Å². The van der Waals surface area contributed by atoms with E-state index in [1.807, 2.05) is 17.0 Å². The Morgan fingerprint density at radius 1 is 1.10 bits per heavy atom. The molecular weight excluding hydrogens is 399 g/mol. The number of hydrogen-bond acceptors (Lipinski definition) is 7. The molecule has 0 saturated carbocycles. The largest absolute Gasteiger partial charge is 0.461 e. The van der Waals surface area contributed by atoms with Gasteiger partial charge < -0.3 is 20.3 Å². The summed E-state index contributed by atoms with van der Waals surface area (Å²) in [5.74, 6) is 0.813. The lowest BCUT2D eigenvalue weighted by atomic mass is 10.1.